The molecule has 0 radical (unpaired) electrons. The minimum atomic E-state index is -0.907. The average Bonchev–Trinajstić information content (AvgIpc) is 3.01. The highest BCUT2D eigenvalue weighted by Gasteiger charge is 2.31. The molecule has 1 fully saturated rings. The highest BCUT2D eigenvalue weighted by atomic mass is 16.5. The number of rotatable bonds is 5. The maximum Gasteiger partial charge on any atom is 0.308 e. The Morgan fingerprint density at radius 3 is 2.73 bits per heavy atom. The molecular weight excluding hydrogens is 282 g/mol. The van der Waals surface area contributed by atoms with Crippen LogP contribution in [0.5, 0.6) is 0 Å². The molecule has 0 aliphatic carbocycles. The van der Waals surface area contributed by atoms with Gasteiger partial charge in [-0.3, -0.25) is 9.59 Å². The Labute approximate surface area is 130 Å². The molecule has 1 heterocycles. The number of carboxylic acids is 1. The number of carbonyl (C=O) groups excluding carboxylic acids is 1. The molecule has 1 aromatic carbocycles. The monoisotopic (exact) mass is 305 g/mol. The van der Waals surface area contributed by atoms with Crippen molar-refractivity contribution < 1.29 is 19.4 Å². The molecular formula is C17H23NO4. The van der Waals surface area contributed by atoms with Crippen LogP contribution in [0.2, 0.25) is 0 Å². The SMILES string of the molecule is Cc1cccc(N(CC(C)C(=O)O)C(=O)C2CCCO2)c1C. The van der Waals surface area contributed by atoms with Gasteiger partial charge < -0.3 is 14.7 Å². The normalized spacial score (nSPS) is 19.0. The smallest absolute Gasteiger partial charge is 0.308 e. The Balaban J connectivity index is 2.33. The predicted octanol–water partition coefficient (Wildman–Crippen LogP) is 2.54. The summed E-state index contributed by atoms with van der Waals surface area (Å²) < 4.78 is 5.49. The molecule has 120 valence electrons. The van der Waals surface area contributed by atoms with Gasteiger partial charge in [-0.25, -0.2) is 0 Å². The first kappa shape index (κ1) is 16.5. The zero-order valence-electron chi connectivity index (χ0n) is 13.3. The third kappa shape index (κ3) is 3.47. The second-order valence-corrected chi connectivity index (χ2v) is 5.91. The number of carbonyl (C=O) groups is 2. The van der Waals surface area contributed by atoms with Crippen LogP contribution in [0.1, 0.15) is 30.9 Å². The zero-order chi connectivity index (χ0) is 16.3. The largest absolute Gasteiger partial charge is 0.481 e. The molecule has 0 saturated carbocycles. The molecule has 2 atom stereocenters. The highest BCUT2D eigenvalue weighted by Crippen LogP contribution is 2.26. The van der Waals surface area contributed by atoms with Gasteiger partial charge in [0.05, 0.1) is 5.92 Å². The third-order valence-electron chi connectivity index (χ3n) is 4.22. The van der Waals surface area contributed by atoms with Gasteiger partial charge in [0.15, 0.2) is 0 Å². The summed E-state index contributed by atoms with van der Waals surface area (Å²) in [7, 11) is 0. The van der Waals surface area contributed by atoms with Crippen molar-refractivity contribution in [1.82, 2.24) is 0 Å². The molecule has 5 heteroatoms. The van der Waals surface area contributed by atoms with Crippen LogP contribution < -0.4 is 4.90 Å². The molecule has 1 N–H and O–H groups in total. The molecule has 2 rings (SSSR count). The van der Waals surface area contributed by atoms with Gasteiger partial charge in [0.1, 0.15) is 6.10 Å². The van der Waals surface area contributed by atoms with Crippen molar-refractivity contribution in [3.63, 3.8) is 0 Å². The van der Waals surface area contributed by atoms with Crippen molar-refractivity contribution in [2.45, 2.75) is 39.7 Å². The van der Waals surface area contributed by atoms with Gasteiger partial charge in [-0.15, -0.1) is 0 Å². The van der Waals surface area contributed by atoms with Gasteiger partial charge >= 0.3 is 5.97 Å². The second-order valence-electron chi connectivity index (χ2n) is 5.91. The molecule has 22 heavy (non-hydrogen) atoms. The molecule has 0 bridgehead atoms. The van der Waals surface area contributed by atoms with Crippen LogP contribution in [0.25, 0.3) is 0 Å². The van der Waals surface area contributed by atoms with Crippen molar-refractivity contribution in [2.24, 2.45) is 5.92 Å². The highest BCUT2D eigenvalue weighted by molar-refractivity contribution is 5.98. The van der Waals surface area contributed by atoms with E-state index in [9.17, 15) is 14.7 Å². The Morgan fingerprint density at radius 1 is 1.41 bits per heavy atom. The number of hydrogen-bond acceptors (Lipinski definition) is 3. The van der Waals surface area contributed by atoms with E-state index in [1.165, 1.54) is 0 Å². The van der Waals surface area contributed by atoms with Crippen LogP contribution in [0.4, 0.5) is 5.69 Å². The Morgan fingerprint density at radius 2 is 2.14 bits per heavy atom. The van der Waals surface area contributed by atoms with Crippen molar-refractivity contribution in [3.05, 3.63) is 29.3 Å². The number of benzene rings is 1. The van der Waals surface area contributed by atoms with Gasteiger partial charge in [-0.05, 0) is 43.9 Å². The van der Waals surface area contributed by atoms with E-state index in [1.54, 1.807) is 11.8 Å². The van der Waals surface area contributed by atoms with Crippen molar-refractivity contribution in [2.75, 3.05) is 18.1 Å². The number of nitrogens with zero attached hydrogens (tertiary/aromatic N) is 1. The van der Waals surface area contributed by atoms with E-state index in [4.69, 9.17) is 4.74 Å². The van der Waals surface area contributed by atoms with E-state index in [1.807, 2.05) is 32.0 Å². The molecule has 5 nitrogen and oxygen atoms in total. The van der Waals surface area contributed by atoms with Crippen LogP contribution in [-0.2, 0) is 14.3 Å². The number of carboxylic acid groups (broad SMARTS) is 1. The van der Waals surface area contributed by atoms with Crippen LogP contribution in [0.15, 0.2) is 18.2 Å². The molecule has 1 saturated heterocycles. The van der Waals surface area contributed by atoms with Crippen molar-refractivity contribution in [1.29, 1.82) is 0 Å². The lowest BCUT2D eigenvalue weighted by Crippen LogP contribution is -2.43. The van der Waals surface area contributed by atoms with E-state index in [-0.39, 0.29) is 12.5 Å². The van der Waals surface area contributed by atoms with Crippen molar-refractivity contribution >= 4 is 17.6 Å². The summed E-state index contributed by atoms with van der Waals surface area (Å²) in [6, 6.07) is 5.73. The summed E-state index contributed by atoms with van der Waals surface area (Å²) in [6.07, 6.45) is 1.11. The maximum atomic E-state index is 12.8. The fourth-order valence-corrected chi connectivity index (χ4v) is 2.63. The van der Waals surface area contributed by atoms with Crippen LogP contribution in [-0.4, -0.2) is 36.2 Å². The van der Waals surface area contributed by atoms with Gasteiger partial charge in [0.25, 0.3) is 5.91 Å². The number of anilines is 1. The van der Waals surface area contributed by atoms with Crippen molar-refractivity contribution in [3.8, 4) is 0 Å². The second kappa shape index (κ2) is 6.92. The maximum absolute atomic E-state index is 12.8. The summed E-state index contributed by atoms with van der Waals surface area (Å²) in [5.74, 6) is -1.68. The fraction of sp³-hybridized carbons (Fsp3) is 0.529. The minimum Gasteiger partial charge on any atom is -0.481 e. The fourth-order valence-electron chi connectivity index (χ4n) is 2.63. The standard InChI is InChI=1S/C17H23NO4/c1-11-6-4-7-14(13(11)3)18(10-12(2)17(20)21)16(19)15-8-5-9-22-15/h4,6-7,12,15H,5,8-10H2,1-3H3,(H,20,21). The molecule has 1 aliphatic heterocycles. The quantitative estimate of drug-likeness (QED) is 0.908. The molecule has 1 aliphatic rings. The first-order valence-electron chi connectivity index (χ1n) is 7.63. The topological polar surface area (TPSA) is 66.8 Å². The molecule has 0 spiro atoms. The number of aliphatic carboxylic acids is 1. The summed E-state index contributed by atoms with van der Waals surface area (Å²) in [5, 5.41) is 9.18. The molecule has 2 unspecified atom stereocenters. The van der Waals surface area contributed by atoms with Gasteiger partial charge in [-0.1, -0.05) is 19.1 Å². The number of aryl methyl sites for hydroxylation is 1. The van der Waals surface area contributed by atoms with Gasteiger partial charge in [0.2, 0.25) is 0 Å². The van der Waals surface area contributed by atoms with E-state index in [0.717, 1.165) is 23.2 Å². The zero-order valence-corrected chi connectivity index (χ0v) is 13.3. The lowest BCUT2D eigenvalue weighted by Gasteiger charge is -2.29. The Hall–Kier alpha value is -1.88. The average molecular weight is 305 g/mol. The molecule has 0 aromatic heterocycles. The van der Waals surface area contributed by atoms with E-state index < -0.39 is 18.0 Å². The first-order valence-corrected chi connectivity index (χ1v) is 7.63. The third-order valence-corrected chi connectivity index (χ3v) is 4.22. The minimum absolute atomic E-state index is 0.140. The summed E-state index contributed by atoms with van der Waals surface area (Å²) in [4.78, 5) is 25.5. The summed E-state index contributed by atoms with van der Waals surface area (Å²) in [5.41, 5.74) is 2.84. The van der Waals surface area contributed by atoms with Crippen LogP contribution in [0, 0.1) is 19.8 Å². The van der Waals surface area contributed by atoms with E-state index in [2.05, 4.69) is 0 Å². The van der Waals surface area contributed by atoms with Crippen LogP contribution >= 0.6 is 0 Å². The predicted molar refractivity (Wildman–Crippen MR) is 84.0 cm³/mol. The number of ether oxygens (including phenoxy) is 1. The van der Waals surface area contributed by atoms with Crippen LogP contribution in [0.3, 0.4) is 0 Å². The first-order chi connectivity index (χ1) is 10.4. The number of hydrogen-bond donors (Lipinski definition) is 1. The Kier molecular flexibility index (Phi) is 5.19. The Bertz CT molecular complexity index is 564. The lowest BCUT2D eigenvalue weighted by atomic mass is 10.0. The summed E-state index contributed by atoms with van der Waals surface area (Å²) >= 11 is 0. The van der Waals surface area contributed by atoms with E-state index >= 15 is 0 Å². The molecule has 1 aromatic rings. The lowest BCUT2D eigenvalue weighted by molar-refractivity contribution is -0.140. The summed E-state index contributed by atoms with van der Waals surface area (Å²) in [6.45, 7) is 6.28. The van der Waals surface area contributed by atoms with E-state index in [0.29, 0.717) is 13.0 Å². The number of amides is 1. The molecule has 1 amide bonds. The van der Waals surface area contributed by atoms with Gasteiger partial charge in [0, 0.05) is 18.8 Å². The van der Waals surface area contributed by atoms with Gasteiger partial charge in [-0.2, -0.15) is 0 Å².